The number of amides is 1. The van der Waals surface area contributed by atoms with Crippen LogP contribution < -0.4 is 4.74 Å². The third-order valence-corrected chi connectivity index (χ3v) is 6.17. The minimum absolute atomic E-state index is 0.0158. The summed E-state index contributed by atoms with van der Waals surface area (Å²) in [5.74, 6) is -1.53. The lowest BCUT2D eigenvalue weighted by molar-refractivity contribution is -0.140. The maximum atomic E-state index is 13.1. The number of halogens is 1. The van der Waals surface area contributed by atoms with Crippen LogP contribution in [0.25, 0.3) is 5.76 Å². The molecule has 0 spiro atoms. The first-order valence-corrected chi connectivity index (χ1v) is 10.9. The number of likely N-dealkylation sites (N-methyl/N-ethyl adjacent to an activating group) is 1. The fraction of sp³-hybridized carbons (Fsp3) is 0.333. The molecule has 7 nitrogen and oxygen atoms in total. The van der Waals surface area contributed by atoms with E-state index in [9.17, 15) is 19.8 Å². The quantitative estimate of drug-likeness (QED) is 0.355. The van der Waals surface area contributed by atoms with Crippen molar-refractivity contribution in [2.75, 3.05) is 34.3 Å². The molecule has 0 aliphatic carbocycles. The van der Waals surface area contributed by atoms with Crippen LogP contribution in [0, 0.1) is 13.8 Å². The Hall–Kier alpha value is -2.84. The lowest BCUT2D eigenvalue weighted by Crippen LogP contribution is -2.35. The van der Waals surface area contributed by atoms with Crippen LogP contribution in [-0.2, 0) is 9.59 Å². The second kappa shape index (κ2) is 9.34. The van der Waals surface area contributed by atoms with Crippen LogP contribution >= 0.6 is 15.9 Å². The Balaban J connectivity index is 2.27. The molecule has 2 aromatic rings. The van der Waals surface area contributed by atoms with E-state index in [0.717, 1.165) is 11.1 Å². The van der Waals surface area contributed by atoms with Gasteiger partial charge in [0.15, 0.2) is 11.5 Å². The topological polar surface area (TPSA) is 90.3 Å². The van der Waals surface area contributed by atoms with Crippen LogP contribution in [0.15, 0.2) is 40.4 Å². The summed E-state index contributed by atoms with van der Waals surface area (Å²) in [4.78, 5) is 29.5. The van der Waals surface area contributed by atoms with Crippen LogP contribution in [0.1, 0.15) is 28.3 Å². The molecule has 3 rings (SSSR count). The maximum Gasteiger partial charge on any atom is 0.295 e. The Morgan fingerprint density at radius 2 is 1.88 bits per heavy atom. The van der Waals surface area contributed by atoms with E-state index in [1.807, 2.05) is 45.0 Å². The number of nitrogens with zero attached hydrogens (tertiary/aromatic N) is 2. The number of hydrogen-bond acceptors (Lipinski definition) is 6. The fourth-order valence-electron chi connectivity index (χ4n) is 3.81. The molecule has 1 unspecified atom stereocenters. The molecular weight excluding hydrogens is 476 g/mol. The molecule has 1 atom stereocenters. The van der Waals surface area contributed by atoms with Crippen LogP contribution in [0.4, 0.5) is 0 Å². The molecule has 2 aromatic carbocycles. The molecule has 1 heterocycles. The van der Waals surface area contributed by atoms with Gasteiger partial charge in [0.2, 0.25) is 0 Å². The van der Waals surface area contributed by atoms with Crippen LogP contribution in [0.5, 0.6) is 11.5 Å². The van der Waals surface area contributed by atoms with Gasteiger partial charge in [-0.2, -0.15) is 0 Å². The molecule has 1 fully saturated rings. The SMILES string of the molecule is COc1cc(C2/C(=C(\O)c3cc(C)ccc3C)C(=O)C(=O)N2CCN(C)C)cc(Br)c1O. The van der Waals surface area contributed by atoms with E-state index >= 15 is 0 Å². The zero-order valence-electron chi connectivity index (χ0n) is 18.8. The lowest BCUT2D eigenvalue weighted by atomic mass is 9.93. The highest BCUT2D eigenvalue weighted by atomic mass is 79.9. The number of benzene rings is 2. The molecule has 0 saturated carbocycles. The number of ketones is 1. The van der Waals surface area contributed by atoms with E-state index in [-0.39, 0.29) is 29.4 Å². The summed E-state index contributed by atoms with van der Waals surface area (Å²) >= 11 is 3.32. The van der Waals surface area contributed by atoms with Gasteiger partial charge in [0, 0.05) is 18.7 Å². The van der Waals surface area contributed by atoms with E-state index < -0.39 is 17.7 Å². The second-order valence-electron chi connectivity index (χ2n) is 8.17. The van der Waals surface area contributed by atoms with Crippen molar-refractivity contribution < 1.29 is 24.5 Å². The first-order valence-electron chi connectivity index (χ1n) is 10.1. The summed E-state index contributed by atoms with van der Waals surface area (Å²) < 4.78 is 5.63. The van der Waals surface area contributed by atoms with Crippen LogP contribution in [0.3, 0.4) is 0 Å². The number of phenolic OH excluding ortho intramolecular Hbond substituents is 1. The number of carbonyl (C=O) groups is 2. The van der Waals surface area contributed by atoms with Gasteiger partial charge in [-0.15, -0.1) is 0 Å². The highest BCUT2D eigenvalue weighted by Gasteiger charge is 2.46. The number of ether oxygens (including phenoxy) is 1. The van der Waals surface area contributed by atoms with Crippen molar-refractivity contribution in [1.29, 1.82) is 0 Å². The van der Waals surface area contributed by atoms with Gasteiger partial charge in [-0.25, -0.2) is 0 Å². The second-order valence-corrected chi connectivity index (χ2v) is 9.02. The molecule has 1 amide bonds. The minimum Gasteiger partial charge on any atom is -0.507 e. The molecule has 0 bridgehead atoms. The normalized spacial score (nSPS) is 18.0. The number of aryl methyl sites for hydroxylation is 2. The van der Waals surface area contributed by atoms with Gasteiger partial charge in [-0.3, -0.25) is 9.59 Å². The molecular formula is C24H27BrN2O5. The number of likely N-dealkylation sites (tertiary alicyclic amines) is 1. The molecule has 170 valence electrons. The van der Waals surface area contributed by atoms with Crippen molar-refractivity contribution in [3.8, 4) is 11.5 Å². The summed E-state index contributed by atoms with van der Waals surface area (Å²) in [5.41, 5.74) is 2.77. The summed E-state index contributed by atoms with van der Waals surface area (Å²) in [5, 5.41) is 21.5. The zero-order valence-corrected chi connectivity index (χ0v) is 20.4. The van der Waals surface area contributed by atoms with E-state index in [1.54, 1.807) is 18.2 Å². The highest BCUT2D eigenvalue weighted by molar-refractivity contribution is 9.10. The molecule has 8 heteroatoms. The Labute approximate surface area is 196 Å². The van der Waals surface area contributed by atoms with Crippen LogP contribution in [-0.4, -0.2) is 66.0 Å². The van der Waals surface area contributed by atoms with Crippen molar-refractivity contribution in [3.05, 3.63) is 62.6 Å². The molecule has 0 aromatic heterocycles. The summed E-state index contributed by atoms with van der Waals surface area (Å²) in [6, 6.07) is 7.95. The lowest BCUT2D eigenvalue weighted by Gasteiger charge is -2.27. The van der Waals surface area contributed by atoms with E-state index in [2.05, 4.69) is 15.9 Å². The van der Waals surface area contributed by atoms with Gasteiger partial charge in [0.1, 0.15) is 5.76 Å². The first kappa shape index (κ1) is 23.8. The third kappa shape index (κ3) is 4.38. The standard InChI is InChI=1S/C24H27BrN2O5/c1-13-6-7-14(2)16(10-13)21(28)19-20(15-11-17(25)22(29)18(12-15)32-5)27(9-8-26(3)4)24(31)23(19)30/h6-7,10-12,20,28-29H,8-9H2,1-5H3/b21-19+. The van der Waals surface area contributed by atoms with Gasteiger partial charge in [-0.1, -0.05) is 17.7 Å². The van der Waals surface area contributed by atoms with Crippen molar-refractivity contribution in [2.45, 2.75) is 19.9 Å². The molecule has 0 radical (unpaired) electrons. The maximum absolute atomic E-state index is 13.1. The number of aromatic hydroxyl groups is 1. The number of methoxy groups -OCH3 is 1. The van der Waals surface area contributed by atoms with Crippen molar-refractivity contribution >= 4 is 33.4 Å². The van der Waals surface area contributed by atoms with Gasteiger partial charge in [-0.05, 0) is 73.2 Å². The number of aliphatic hydroxyl groups is 1. The van der Waals surface area contributed by atoms with Crippen molar-refractivity contribution in [1.82, 2.24) is 9.80 Å². The molecule has 1 saturated heterocycles. The van der Waals surface area contributed by atoms with Gasteiger partial charge in [0.05, 0.1) is 23.2 Å². The largest absolute Gasteiger partial charge is 0.507 e. The number of aliphatic hydroxyl groups excluding tert-OH is 1. The van der Waals surface area contributed by atoms with Crippen molar-refractivity contribution in [3.63, 3.8) is 0 Å². The van der Waals surface area contributed by atoms with Gasteiger partial charge < -0.3 is 24.7 Å². The monoisotopic (exact) mass is 502 g/mol. The van der Waals surface area contributed by atoms with E-state index in [0.29, 0.717) is 22.1 Å². The fourth-order valence-corrected chi connectivity index (χ4v) is 4.27. The van der Waals surface area contributed by atoms with Gasteiger partial charge >= 0.3 is 0 Å². The Morgan fingerprint density at radius 1 is 1.19 bits per heavy atom. The predicted molar refractivity (Wildman–Crippen MR) is 126 cm³/mol. The molecule has 1 aliphatic heterocycles. The summed E-state index contributed by atoms with van der Waals surface area (Å²) in [6.07, 6.45) is 0. The Morgan fingerprint density at radius 3 is 2.50 bits per heavy atom. The number of phenols is 1. The number of rotatable bonds is 6. The molecule has 1 aliphatic rings. The molecule has 2 N–H and O–H groups in total. The summed E-state index contributed by atoms with van der Waals surface area (Å²) in [6.45, 7) is 4.55. The smallest absolute Gasteiger partial charge is 0.295 e. The van der Waals surface area contributed by atoms with Gasteiger partial charge in [0.25, 0.3) is 11.7 Å². The van der Waals surface area contributed by atoms with E-state index in [1.165, 1.54) is 12.0 Å². The highest BCUT2D eigenvalue weighted by Crippen LogP contribution is 2.44. The van der Waals surface area contributed by atoms with Crippen molar-refractivity contribution in [2.24, 2.45) is 0 Å². The Kier molecular flexibility index (Phi) is 6.95. The average Bonchev–Trinajstić information content (AvgIpc) is 3.00. The average molecular weight is 503 g/mol. The molecule has 32 heavy (non-hydrogen) atoms. The minimum atomic E-state index is -0.833. The first-order chi connectivity index (χ1) is 15.1. The Bertz CT molecular complexity index is 1110. The third-order valence-electron chi connectivity index (χ3n) is 5.56. The zero-order chi connectivity index (χ0) is 23.7. The summed E-state index contributed by atoms with van der Waals surface area (Å²) in [7, 11) is 5.17. The number of Topliss-reactive ketones (excluding diaryl/α,β-unsaturated/α-hetero) is 1. The number of carbonyl (C=O) groups excluding carboxylic acids is 2. The number of hydrogen-bond donors (Lipinski definition) is 2. The van der Waals surface area contributed by atoms with Crippen LogP contribution in [0.2, 0.25) is 0 Å². The van der Waals surface area contributed by atoms with E-state index in [4.69, 9.17) is 4.74 Å². The predicted octanol–water partition coefficient (Wildman–Crippen LogP) is 3.76.